The fraction of sp³-hybridized carbons (Fsp3) is 0.444. The zero-order valence-corrected chi connectivity index (χ0v) is 15.1. The number of rotatable bonds is 6. The van der Waals surface area contributed by atoms with E-state index in [1.54, 1.807) is 6.20 Å². The van der Waals surface area contributed by atoms with Crippen LogP contribution >= 0.6 is 12.4 Å². The Morgan fingerprint density at radius 3 is 2.80 bits per heavy atom. The molecule has 1 amide bonds. The van der Waals surface area contributed by atoms with Crippen molar-refractivity contribution in [1.29, 1.82) is 0 Å². The van der Waals surface area contributed by atoms with E-state index < -0.39 is 0 Å². The van der Waals surface area contributed by atoms with Crippen LogP contribution in [0.1, 0.15) is 18.4 Å². The van der Waals surface area contributed by atoms with Crippen molar-refractivity contribution in [3.63, 3.8) is 0 Å². The van der Waals surface area contributed by atoms with Crippen molar-refractivity contribution in [3.05, 3.63) is 48.3 Å². The SMILES string of the molecule is Cl.NCCNC(=O)C1CCCN(Cc2ccc(-n3cccn3)cc2)C1. The molecular formula is C18H26ClN5O. The van der Waals surface area contributed by atoms with Gasteiger partial charge in [0.2, 0.25) is 5.91 Å². The van der Waals surface area contributed by atoms with Crippen LogP contribution in [0.25, 0.3) is 5.69 Å². The lowest BCUT2D eigenvalue weighted by atomic mass is 9.96. The topological polar surface area (TPSA) is 76.2 Å². The van der Waals surface area contributed by atoms with Crippen molar-refractivity contribution < 1.29 is 4.79 Å². The molecule has 7 heteroatoms. The molecule has 1 aliphatic rings. The average molecular weight is 364 g/mol. The van der Waals surface area contributed by atoms with Gasteiger partial charge in [-0.15, -0.1) is 12.4 Å². The molecule has 1 saturated heterocycles. The number of hydrogen-bond donors (Lipinski definition) is 2. The van der Waals surface area contributed by atoms with Gasteiger partial charge < -0.3 is 11.1 Å². The molecule has 136 valence electrons. The normalized spacial score (nSPS) is 17.7. The first-order chi connectivity index (χ1) is 11.8. The highest BCUT2D eigenvalue weighted by molar-refractivity contribution is 5.85. The maximum atomic E-state index is 12.1. The van der Waals surface area contributed by atoms with Crippen molar-refractivity contribution in [3.8, 4) is 5.69 Å². The van der Waals surface area contributed by atoms with E-state index in [1.165, 1.54) is 5.56 Å². The summed E-state index contributed by atoms with van der Waals surface area (Å²) in [4.78, 5) is 14.5. The fourth-order valence-electron chi connectivity index (χ4n) is 3.19. The minimum Gasteiger partial charge on any atom is -0.355 e. The van der Waals surface area contributed by atoms with Gasteiger partial charge >= 0.3 is 0 Å². The van der Waals surface area contributed by atoms with Gasteiger partial charge in [-0.2, -0.15) is 5.10 Å². The Bertz CT molecular complexity index is 644. The molecule has 3 N–H and O–H groups in total. The number of piperidine rings is 1. The minimum atomic E-state index is 0. The van der Waals surface area contributed by atoms with Crippen LogP contribution in [0, 0.1) is 5.92 Å². The van der Waals surface area contributed by atoms with Gasteiger partial charge in [0.05, 0.1) is 11.6 Å². The molecule has 0 bridgehead atoms. The number of likely N-dealkylation sites (tertiary alicyclic amines) is 1. The molecule has 2 aromatic rings. The maximum Gasteiger partial charge on any atom is 0.224 e. The first-order valence-corrected chi connectivity index (χ1v) is 8.55. The van der Waals surface area contributed by atoms with Crippen LogP contribution in [0.4, 0.5) is 0 Å². The second kappa shape index (κ2) is 9.56. The summed E-state index contributed by atoms with van der Waals surface area (Å²) in [5.41, 5.74) is 7.77. The van der Waals surface area contributed by atoms with Gasteiger partial charge in [0.25, 0.3) is 0 Å². The zero-order chi connectivity index (χ0) is 16.8. The van der Waals surface area contributed by atoms with Crippen LogP contribution in [0.2, 0.25) is 0 Å². The molecule has 3 rings (SSSR count). The number of halogens is 1. The average Bonchev–Trinajstić information content (AvgIpc) is 3.15. The van der Waals surface area contributed by atoms with Crippen LogP contribution in [0.15, 0.2) is 42.7 Å². The van der Waals surface area contributed by atoms with Gasteiger partial charge in [-0.25, -0.2) is 4.68 Å². The second-order valence-electron chi connectivity index (χ2n) is 6.27. The highest BCUT2D eigenvalue weighted by Crippen LogP contribution is 2.19. The largest absolute Gasteiger partial charge is 0.355 e. The van der Waals surface area contributed by atoms with Crippen molar-refractivity contribution in [1.82, 2.24) is 20.0 Å². The first kappa shape index (κ1) is 19.4. The molecule has 2 heterocycles. The monoisotopic (exact) mass is 363 g/mol. The highest BCUT2D eigenvalue weighted by atomic mass is 35.5. The number of nitrogens with two attached hydrogens (primary N) is 1. The number of aromatic nitrogens is 2. The van der Waals surface area contributed by atoms with E-state index in [-0.39, 0.29) is 24.2 Å². The molecule has 1 fully saturated rings. The standard InChI is InChI=1S/C18H25N5O.ClH/c19-8-10-20-18(24)16-3-1-11-22(14-16)13-15-4-6-17(7-5-15)23-12-2-9-21-23;/h2,4-7,9,12,16H,1,3,8,10-11,13-14,19H2,(H,20,24);1H. The molecular weight excluding hydrogens is 338 g/mol. The predicted octanol–water partition coefficient (Wildman–Crippen LogP) is 1.58. The third-order valence-corrected chi connectivity index (χ3v) is 4.43. The smallest absolute Gasteiger partial charge is 0.224 e. The Morgan fingerprint density at radius 1 is 1.32 bits per heavy atom. The summed E-state index contributed by atoms with van der Waals surface area (Å²) in [7, 11) is 0. The second-order valence-corrected chi connectivity index (χ2v) is 6.27. The number of carbonyl (C=O) groups is 1. The number of amides is 1. The van der Waals surface area contributed by atoms with E-state index in [2.05, 4.69) is 39.6 Å². The lowest BCUT2D eigenvalue weighted by Crippen LogP contribution is -2.43. The molecule has 25 heavy (non-hydrogen) atoms. The summed E-state index contributed by atoms with van der Waals surface area (Å²) in [6, 6.07) is 10.3. The minimum absolute atomic E-state index is 0. The van der Waals surface area contributed by atoms with Crippen LogP contribution in [-0.2, 0) is 11.3 Å². The van der Waals surface area contributed by atoms with E-state index in [9.17, 15) is 4.79 Å². The van der Waals surface area contributed by atoms with Crippen molar-refractivity contribution in [2.45, 2.75) is 19.4 Å². The lowest BCUT2D eigenvalue weighted by molar-refractivity contribution is -0.126. The summed E-state index contributed by atoms with van der Waals surface area (Å²) < 4.78 is 1.85. The lowest BCUT2D eigenvalue weighted by Gasteiger charge is -2.32. The summed E-state index contributed by atoms with van der Waals surface area (Å²) in [6.45, 7) is 3.79. The summed E-state index contributed by atoms with van der Waals surface area (Å²) in [6.07, 6.45) is 5.74. The molecule has 1 aliphatic heterocycles. The Hall–Kier alpha value is -1.89. The summed E-state index contributed by atoms with van der Waals surface area (Å²) >= 11 is 0. The van der Waals surface area contributed by atoms with Crippen LogP contribution in [0.3, 0.4) is 0 Å². The molecule has 1 aromatic heterocycles. The molecule has 1 unspecified atom stereocenters. The summed E-state index contributed by atoms with van der Waals surface area (Å²) in [5.74, 6) is 0.216. The van der Waals surface area contributed by atoms with Crippen LogP contribution in [-0.4, -0.2) is 46.8 Å². The fourth-order valence-corrected chi connectivity index (χ4v) is 3.19. The number of nitrogens with one attached hydrogen (secondary N) is 1. The van der Waals surface area contributed by atoms with E-state index in [0.29, 0.717) is 13.1 Å². The number of nitrogens with zero attached hydrogens (tertiary/aromatic N) is 3. The van der Waals surface area contributed by atoms with E-state index in [1.807, 2.05) is 16.9 Å². The molecule has 1 aromatic carbocycles. The van der Waals surface area contributed by atoms with Gasteiger partial charge in [-0.1, -0.05) is 12.1 Å². The predicted molar refractivity (Wildman–Crippen MR) is 101 cm³/mol. The van der Waals surface area contributed by atoms with Crippen molar-refractivity contribution in [2.24, 2.45) is 11.7 Å². The van der Waals surface area contributed by atoms with E-state index in [4.69, 9.17) is 5.73 Å². The van der Waals surface area contributed by atoms with Crippen LogP contribution < -0.4 is 11.1 Å². The molecule has 6 nitrogen and oxygen atoms in total. The number of benzene rings is 1. The maximum absolute atomic E-state index is 12.1. The Kier molecular flexibility index (Phi) is 7.43. The van der Waals surface area contributed by atoms with Crippen molar-refractivity contribution >= 4 is 18.3 Å². The zero-order valence-electron chi connectivity index (χ0n) is 14.3. The van der Waals surface area contributed by atoms with E-state index in [0.717, 1.165) is 38.2 Å². The Balaban J connectivity index is 0.00000225. The summed E-state index contributed by atoms with van der Waals surface area (Å²) in [5, 5.41) is 7.15. The molecule has 0 spiro atoms. The first-order valence-electron chi connectivity index (χ1n) is 8.55. The number of hydrogen-bond acceptors (Lipinski definition) is 4. The van der Waals surface area contributed by atoms with Crippen LogP contribution in [0.5, 0.6) is 0 Å². The van der Waals surface area contributed by atoms with Crippen molar-refractivity contribution in [2.75, 3.05) is 26.2 Å². The van der Waals surface area contributed by atoms with Gasteiger partial charge in [0.15, 0.2) is 0 Å². The van der Waals surface area contributed by atoms with Gasteiger partial charge in [0, 0.05) is 38.6 Å². The Labute approximate surface area is 154 Å². The molecule has 1 atom stereocenters. The molecule has 0 radical (unpaired) electrons. The van der Waals surface area contributed by atoms with Gasteiger partial charge in [-0.05, 0) is 43.1 Å². The third kappa shape index (κ3) is 5.29. The quantitative estimate of drug-likeness (QED) is 0.817. The third-order valence-electron chi connectivity index (χ3n) is 4.43. The van der Waals surface area contributed by atoms with Gasteiger partial charge in [-0.3, -0.25) is 9.69 Å². The molecule has 0 saturated carbocycles. The Morgan fingerprint density at radius 2 is 2.12 bits per heavy atom. The molecule has 0 aliphatic carbocycles. The highest BCUT2D eigenvalue weighted by Gasteiger charge is 2.25. The van der Waals surface area contributed by atoms with Gasteiger partial charge in [0.1, 0.15) is 0 Å². The van der Waals surface area contributed by atoms with E-state index >= 15 is 0 Å². The number of carbonyl (C=O) groups excluding carboxylic acids is 1.